The van der Waals surface area contributed by atoms with Gasteiger partial charge in [0.05, 0.1) is 31.7 Å². The van der Waals surface area contributed by atoms with E-state index in [1.807, 2.05) is 53.4 Å². The summed E-state index contributed by atoms with van der Waals surface area (Å²) in [6.07, 6.45) is 3.99. The first-order chi connectivity index (χ1) is 12.0. The molecule has 3 rings (SSSR count). The highest BCUT2D eigenvalue weighted by atomic mass is 32.1. The molecule has 1 unspecified atom stereocenters. The number of carbonyl (C=O) groups excluding carboxylic acids is 2. The van der Waals surface area contributed by atoms with Crippen molar-refractivity contribution in [3.8, 4) is 0 Å². The number of nitrogens with one attached hydrogen (secondary N) is 1. The van der Waals surface area contributed by atoms with Crippen LogP contribution in [0.5, 0.6) is 0 Å². The number of carbonyl (C=O) groups is 2. The van der Waals surface area contributed by atoms with Crippen LogP contribution < -0.4 is 5.32 Å². The van der Waals surface area contributed by atoms with E-state index < -0.39 is 6.04 Å². The van der Waals surface area contributed by atoms with Crippen LogP contribution in [0.3, 0.4) is 0 Å². The summed E-state index contributed by atoms with van der Waals surface area (Å²) in [5, 5.41) is 4.86. The number of ether oxygens (including phenoxy) is 1. The molecule has 0 spiro atoms. The van der Waals surface area contributed by atoms with Crippen molar-refractivity contribution in [3.63, 3.8) is 0 Å². The first kappa shape index (κ1) is 17.2. The van der Waals surface area contributed by atoms with Crippen molar-refractivity contribution in [3.05, 3.63) is 58.9 Å². The molecule has 1 amide bonds. The third-order valence-electron chi connectivity index (χ3n) is 3.90. The van der Waals surface area contributed by atoms with E-state index in [2.05, 4.69) is 10.3 Å². The molecule has 25 heavy (non-hydrogen) atoms. The Hall–Kier alpha value is -2.67. The molecule has 1 N–H and O–H groups in total. The van der Waals surface area contributed by atoms with Gasteiger partial charge < -0.3 is 10.1 Å². The van der Waals surface area contributed by atoms with Crippen molar-refractivity contribution in [2.24, 2.45) is 0 Å². The molecule has 0 aliphatic carbocycles. The summed E-state index contributed by atoms with van der Waals surface area (Å²) in [6.45, 7) is 1.99. The van der Waals surface area contributed by atoms with Crippen LogP contribution >= 0.6 is 11.3 Å². The largest absolute Gasteiger partial charge is 0.469 e. The predicted octanol–water partition coefficient (Wildman–Crippen LogP) is 2.67. The first-order valence-corrected chi connectivity index (χ1v) is 8.77. The summed E-state index contributed by atoms with van der Waals surface area (Å²) in [5.74, 6) is -0.548. The van der Waals surface area contributed by atoms with Gasteiger partial charge >= 0.3 is 5.97 Å². The number of rotatable bonds is 6. The topological polar surface area (TPSA) is 72.7 Å². The number of benzene rings is 1. The fourth-order valence-corrected chi connectivity index (χ4v) is 3.29. The maximum absolute atomic E-state index is 12.4. The Bertz CT molecular complexity index is 854. The summed E-state index contributed by atoms with van der Waals surface area (Å²) in [5.41, 5.74) is 2.69. The zero-order valence-corrected chi connectivity index (χ0v) is 14.9. The van der Waals surface area contributed by atoms with Gasteiger partial charge in [-0.15, -0.1) is 11.3 Å². The molecule has 130 valence electrons. The number of imidazole rings is 1. The summed E-state index contributed by atoms with van der Waals surface area (Å²) < 4.78 is 6.64. The second kappa shape index (κ2) is 7.48. The normalized spacial score (nSPS) is 12.1. The smallest absolute Gasteiger partial charge is 0.307 e. The average molecular weight is 357 g/mol. The minimum atomic E-state index is -0.427. The highest BCUT2D eigenvalue weighted by Crippen LogP contribution is 2.19. The van der Waals surface area contributed by atoms with Gasteiger partial charge in [0.2, 0.25) is 5.91 Å². The Balaban J connectivity index is 1.71. The Kier molecular flexibility index (Phi) is 5.14. The third kappa shape index (κ3) is 4.24. The van der Waals surface area contributed by atoms with Gasteiger partial charge in [-0.25, -0.2) is 4.98 Å². The lowest BCUT2D eigenvalue weighted by atomic mass is 10.0. The zero-order chi connectivity index (χ0) is 17.8. The van der Waals surface area contributed by atoms with Gasteiger partial charge in [-0.3, -0.25) is 14.0 Å². The number of esters is 1. The monoisotopic (exact) mass is 357 g/mol. The van der Waals surface area contributed by atoms with E-state index in [1.165, 1.54) is 18.4 Å². The number of methoxy groups -OCH3 is 1. The third-order valence-corrected chi connectivity index (χ3v) is 4.67. The molecule has 0 radical (unpaired) electrons. The number of hydrogen-bond acceptors (Lipinski definition) is 5. The first-order valence-electron chi connectivity index (χ1n) is 7.89. The van der Waals surface area contributed by atoms with Crippen molar-refractivity contribution in [1.29, 1.82) is 0 Å². The van der Waals surface area contributed by atoms with E-state index in [0.29, 0.717) is 5.69 Å². The molecular formula is C18H19N3O3S. The fourth-order valence-electron chi connectivity index (χ4n) is 2.57. The SMILES string of the molecule is COC(=O)CC(NC(=O)Cc1cn2ccsc2n1)c1ccc(C)cc1. The quantitative estimate of drug-likeness (QED) is 0.689. The van der Waals surface area contributed by atoms with Crippen LogP contribution in [0.4, 0.5) is 0 Å². The molecular weight excluding hydrogens is 338 g/mol. The fraction of sp³-hybridized carbons (Fsp3) is 0.278. The van der Waals surface area contributed by atoms with Gasteiger partial charge in [0.1, 0.15) is 0 Å². The molecule has 3 aromatic rings. The summed E-state index contributed by atoms with van der Waals surface area (Å²) in [7, 11) is 1.34. The minimum absolute atomic E-state index is 0.0869. The summed E-state index contributed by atoms with van der Waals surface area (Å²) in [6, 6.07) is 7.31. The molecule has 2 aromatic heterocycles. The molecule has 0 saturated carbocycles. The maximum Gasteiger partial charge on any atom is 0.307 e. The van der Waals surface area contributed by atoms with Gasteiger partial charge in [-0.1, -0.05) is 29.8 Å². The van der Waals surface area contributed by atoms with E-state index >= 15 is 0 Å². The number of aromatic nitrogens is 2. The van der Waals surface area contributed by atoms with Crippen LogP contribution in [-0.2, 0) is 20.7 Å². The van der Waals surface area contributed by atoms with Gasteiger partial charge in [0.15, 0.2) is 4.96 Å². The van der Waals surface area contributed by atoms with Crippen molar-refractivity contribution in [2.45, 2.75) is 25.8 Å². The van der Waals surface area contributed by atoms with Crippen molar-refractivity contribution >= 4 is 28.2 Å². The van der Waals surface area contributed by atoms with Crippen LogP contribution in [0.15, 0.2) is 42.0 Å². The molecule has 7 heteroatoms. The average Bonchev–Trinajstić information content (AvgIpc) is 3.16. The van der Waals surface area contributed by atoms with Gasteiger partial charge in [0, 0.05) is 17.8 Å². The van der Waals surface area contributed by atoms with Crippen LogP contribution in [-0.4, -0.2) is 28.4 Å². The van der Waals surface area contributed by atoms with Gasteiger partial charge in [0.25, 0.3) is 0 Å². The molecule has 1 atom stereocenters. The van der Waals surface area contributed by atoms with Crippen LogP contribution in [0.2, 0.25) is 0 Å². The van der Waals surface area contributed by atoms with E-state index in [1.54, 1.807) is 0 Å². The Labute approximate surface area is 149 Å². The van der Waals surface area contributed by atoms with E-state index in [4.69, 9.17) is 4.74 Å². The van der Waals surface area contributed by atoms with Gasteiger partial charge in [-0.05, 0) is 12.5 Å². The lowest BCUT2D eigenvalue weighted by Gasteiger charge is -2.18. The molecule has 1 aromatic carbocycles. The van der Waals surface area contributed by atoms with E-state index in [-0.39, 0.29) is 24.7 Å². The molecule has 0 saturated heterocycles. The lowest BCUT2D eigenvalue weighted by molar-refractivity contribution is -0.141. The molecule has 0 bridgehead atoms. The molecule has 6 nitrogen and oxygen atoms in total. The Morgan fingerprint density at radius 1 is 1.32 bits per heavy atom. The van der Waals surface area contributed by atoms with Crippen molar-refractivity contribution < 1.29 is 14.3 Å². The summed E-state index contributed by atoms with van der Waals surface area (Å²) in [4.78, 5) is 29.4. The number of amides is 1. The minimum Gasteiger partial charge on any atom is -0.469 e. The van der Waals surface area contributed by atoms with Crippen LogP contribution in [0.1, 0.15) is 29.3 Å². The van der Waals surface area contributed by atoms with E-state index in [9.17, 15) is 9.59 Å². The highest BCUT2D eigenvalue weighted by Gasteiger charge is 2.19. The highest BCUT2D eigenvalue weighted by molar-refractivity contribution is 7.15. The molecule has 0 aliphatic heterocycles. The molecule has 0 aliphatic rings. The number of aryl methyl sites for hydroxylation is 1. The summed E-state index contributed by atoms with van der Waals surface area (Å²) >= 11 is 1.52. The number of hydrogen-bond donors (Lipinski definition) is 1. The lowest BCUT2D eigenvalue weighted by Crippen LogP contribution is -2.31. The second-order valence-corrected chi connectivity index (χ2v) is 6.69. The van der Waals surface area contributed by atoms with Crippen LogP contribution in [0, 0.1) is 6.92 Å². The number of fused-ring (bicyclic) bond motifs is 1. The maximum atomic E-state index is 12.4. The second-order valence-electron chi connectivity index (χ2n) is 5.81. The standard InChI is InChI=1S/C18H19N3O3S/c1-12-3-5-13(6-4-12)15(10-17(23)24-2)20-16(22)9-14-11-21-7-8-25-18(21)19-14/h3-8,11,15H,9-10H2,1-2H3,(H,20,22). The number of nitrogens with zero attached hydrogens (tertiary/aromatic N) is 2. The van der Waals surface area contributed by atoms with Crippen LogP contribution in [0.25, 0.3) is 4.96 Å². The van der Waals surface area contributed by atoms with Crippen molar-refractivity contribution in [1.82, 2.24) is 14.7 Å². The number of thiazole rings is 1. The van der Waals surface area contributed by atoms with Gasteiger partial charge in [-0.2, -0.15) is 0 Å². The van der Waals surface area contributed by atoms with Crippen molar-refractivity contribution in [2.75, 3.05) is 7.11 Å². The molecule has 2 heterocycles. The zero-order valence-electron chi connectivity index (χ0n) is 14.1. The Morgan fingerprint density at radius 2 is 2.08 bits per heavy atom. The van der Waals surface area contributed by atoms with E-state index in [0.717, 1.165) is 16.1 Å². The molecule has 0 fully saturated rings. The Morgan fingerprint density at radius 3 is 2.76 bits per heavy atom. The predicted molar refractivity (Wildman–Crippen MR) is 95.5 cm³/mol.